The SMILES string of the molecule is CS(=O)(=O)CCSc1cc(CN)ccn1. The first-order valence-corrected chi connectivity index (χ1v) is 7.51. The Morgan fingerprint density at radius 3 is 2.87 bits per heavy atom. The van der Waals surface area contributed by atoms with E-state index in [0.717, 1.165) is 10.6 Å². The normalized spacial score (nSPS) is 11.6. The number of nitrogens with two attached hydrogens (primary N) is 1. The molecule has 0 aliphatic rings. The van der Waals surface area contributed by atoms with Gasteiger partial charge >= 0.3 is 0 Å². The fourth-order valence-electron chi connectivity index (χ4n) is 0.954. The Balaban J connectivity index is 2.51. The molecule has 6 heteroatoms. The Labute approximate surface area is 94.2 Å². The molecule has 0 saturated heterocycles. The fourth-order valence-corrected chi connectivity index (χ4v) is 3.08. The summed E-state index contributed by atoms with van der Waals surface area (Å²) < 4.78 is 21.8. The van der Waals surface area contributed by atoms with Crippen LogP contribution in [0.15, 0.2) is 23.4 Å². The monoisotopic (exact) mass is 246 g/mol. The molecule has 0 bridgehead atoms. The topological polar surface area (TPSA) is 73.0 Å². The molecule has 0 fully saturated rings. The van der Waals surface area contributed by atoms with Gasteiger partial charge in [-0.3, -0.25) is 0 Å². The summed E-state index contributed by atoms with van der Waals surface area (Å²) in [6.07, 6.45) is 2.92. The summed E-state index contributed by atoms with van der Waals surface area (Å²) in [5, 5.41) is 0.821. The van der Waals surface area contributed by atoms with Crippen LogP contribution < -0.4 is 5.73 Å². The first kappa shape index (κ1) is 12.5. The summed E-state index contributed by atoms with van der Waals surface area (Å²) in [7, 11) is -2.88. The van der Waals surface area contributed by atoms with E-state index in [1.165, 1.54) is 18.0 Å². The zero-order valence-corrected chi connectivity index (χ0v) is 10.1. The number of hydrogen-bond donors (Lipinski definition) is 1. The van der Waals surface area contributed by atoms with Crippen LogP contribution in [-0.2, 0) is 16.4 Å². The van der Waals surface area contributed by atoms with Crippen LogP contribution in [0.2, 0.25) is 0 Å². The zero-order valence-electron chi connectivity index (χ0n) is 8.51. The third-order valence-electron chi connectivity index (χ3n) is 1.74. The van der Waals surface area contributed by atoms with E-state index in [2.05, 4.69) is 4.98 Å². The predicted molar refractivity (Wildman–Crippen MR) is 62.6 cm³/mol. The van der Waals surface area contributed by atoms with E-state index in [9.17, 15) is 8.42 Å². The van der Waals surface area contributed by atoms with Crippen LogP contribution in [0.5, 0.6) is 0 Å². The van der Waals surface area contributed by atoms with Crippen molar-refractivity contribution in [3.05, 3.63) is 23.9 Å². The van der Waals surface area contributed by atoms with Gasteiger partial charge in [-0.1, -0.05) is 0 Å². The second kappa shape index (κ2) is 5.48. The molecule has 1 aromatic rings. The average molecular weight is 246 g/mol. The summed E-state index contributed by atoms with van der Waals surface area (Å²) in [6, 6.07) is 3.73. The molecule has 4 nitrogen and oxygen atoms in total. The van der Waals surface area contributed by atoms with Gasteiger partial charge in [0.2, 0.25) is 0 Å². The Morgan fingerprint density at radius 1 is 1.53 bits per heavy atom. The quantitative estimate of drug-likeness (QED) is 0.773. The third kappa shape index (κ3) is 5.15. The fraction of sp³-hybridized carbons (Fsp3) is 0.444. The van der Waals surface area contributed by atoms with Crippen molar-refractivity contribution in [3.63, 3.8) is 0 Å². The third-order valence-corrected chi connectivity index (χ3v) is 3.87. The molecule has 1 heterocycles. The Hall–Kier alpha value is -0.590. The van der Waals surface area contributed by atoms with E-state index in [4.69, 9.17) is 5.73 Å². The largest absolute Gasteiger partial charge is 0.326 e. The minimum absolute atomic E-state index is 0.173. The molecule has 84 valence electrons. The highest BCUT2D eigenvalue weighted by Crippen LogP contribution is 2.16. The minimum Gasteiger partial charge on any atom is -0.326 e. The van der Waals surface area contributed by atoms with Gasteiger partial charge in [0.25, 0.3) is 0 Å². The molecule has 0 aromatic carbocycles. The predicted octanol–water partition coefficient (Wildman–Crippen LogP) is 0.677. The van der Waals surface area contributed by atoms with Gasteiger partial charge < -0.3 is 5.73 Å². The second-order valence-corrected chi connectivity index (χ2v) is 6.56. The van der Waals surface area contributed by atoms with E-state index >= 15 is 0 Å². The molecule has 0 aliphatic heterocycles. The first-order valence-electron chi connectivity index (χ1n) is 4.47. The minimum atomic E-state index is -2.88. The maximum absolute atomic E-state index is 10.9. The van der Waals surface area contributed by atoms with Crippen LogP contribution in [0.4, 0.5) is 0 Å². The van der Waals surface area contributed by atoms with E-state index in [0.29, 0.717) is 12.3 Å². The number of sulfone groups is 1. The highest BCUT2D eigenvalue weighted by Gasteiger charge is 2.03. The average Bonchev–Trinajstić information content (AvgIpc) is 2.16. The van der Waals surface area contributed by atoms with Gasteiger partial charge in [-0.2, -0.15) is 0 Å². The molecule has 2 N–H and O–H groups in total. The molecule has 15 heavy (non-hydrogen) atoms. The summed E-state index contributed by atoms with van der Waals surface area (Å²) in [5.41, 5.74) is 6.49. The van der Waals surface area contributed by atoms with Gasteiger partial charge in [-0.05, 0) is 17.7 Å². The summed E-state index contributed by atoms with van der Waals surface area (Å²) in [5.74, 6) is 0.700. The van der Waals surface area contributed by atoms with Gasteiger partial charge in [0, 0.05) is 24.8 Å². The molecule has 1 rings (SSSR count). The number of rotatable bonds is 5. The molecule has 0 amide bonds. The van der Waals surface area contributed by atoms with Crippen molar-refractivity contribution in [1.82, 2.24) is 4.98 Å². The lowest BCUT2D eigenvalue weighted by atomic mass is 10.3. The highest BCUT2D eigenvalue weighted by molar-refractivity contribution is 8.00. The molecule has 0 radical (unpaired) electrons. The van der Waals surface area contributed by atoms with Gasteiger partial charge in [-0.15, -0.1) is 11.8 Å². The Bertz CT molecular complexity index is 418. The lowest BCUT2D eigenvalue weighted by molar-refractivity contribution is 0.603. The van der Waals surface area contributed by atoms with Gasteiger partial charge in [0.15, 0.2) is 0 Å². The maximum Gasteiger partial charge on any atom is 0.148 e. The molecular weight excluding hydrogens is 232 g/mol. The van der Waals surface area contributed by atoms with Crippen molar-refractivity contribution in [2.75, 3.05) is 17.8 Å². The lowest BCUT2D eigenvalue weighted by Crippen LogP contribution is -2.05. The van der Waals surface area contributed by atoms with Crippen LogP contribution in [0.1, 0.15) is 5.56 Å². The van der Waals surface area contributed by atoms with Crippen molar-refractivity contribution in [2.24, 2.45) is 5.73 Å². The van der Waals surface area contributed by atoms with E-state index in [-0.39, 0.29) is 5.75 Å². The molecule has 0 saturated carbocycles. The maximum atomic E-state index is 10.9. The second-order valence-electron chi connectivity index (χ2n) is 3.18. The molecule has 1 aromatic heterocycles. The molecular formula is C9H14N2O2S2. The first-order chi connectivity index (χ1) is 7.01. The van der Waals surface area contributed by atoms with Crippen molar-refractivity contribution >= 4 is 21.6 Å². The Kier molecular flexibility index (Phi) is 4.56. The number of thioether (sulfide) groups is 1. The molecule has 0 spiro atoms. The van der Waals surface area contributed by atoms with E-state index in [1.54, 1.807) is 6.20 Å². The summed E-state index contributed by atoms with van der Waals surface area (Å²) in [6.45, 7) is 0.474. The number of nitrogens with zero attached hydrogens (tertiary/aromatic N) is 1. The summed E-state index contributed by atoms with van der Waals surface area (Å²) in [4.78, 5) is 4.12. The van der Waals surface area contributed by atoms with Crippen LogP contribution in [0.25, 0.3) is 0 Å². The van der Waals surface area contributed by atoms with E-state index < -0.39 is 9.84 Å². The van der Waals surface area contributed by atoms with Crippen LogP contribution in [0, 0.1) is 0 Å². The van der Waals surface area contributed by atoms with Crippen LogP contribution in [0.3, 0.4) is 0 Å². The van der Waals surface area contributed by atoms with Crippen molar-refractivity contribution in [2.45, 2.75) is 11.6 Å². The van der Waals surface area contributed by atoms with E-state index in [1.807, 2.05) is 12.1 Å². The number of hydrogen-bond acceptors (Lipinski definition) is 5. The standard InChI is InChI=1S/C9H14N2O2S2/c1-15(12,13)5-4-14-9-6-8(7-10)2-3-11-9/h2-3,6H,4-5,7,10H2,1H3. The lowest BCUT2D eigenvalue weighted by Gasteiger charge is -2.01. The Morgan fingerprint density at radius 2 is 2.27 bits per heavy atom. The van der Waals surface area contributed by atoms with Crippen molar-refractivity contribution in [1.29, 1.82) is 0 Å². The van der Waals surface area contributed by atoms with Gasteiger partial charge in [0.05, 0.1) is 10.8 Å². The van der Waals surface area contributed by atoms with Crippen LogP contribution >= 0.6 is 11.8 Å². The van der Waals surface area contributed by atoms with Crippen molar-refractivity contribution < 1.29 is 8.42 Å². The van der Waals surface area contributed by atoms with Gasteiger partial charge in [0.1, 0.15) is 9.84 Å². The molecule has 0 unspecified atom stereocenters. The number of aromatic nitrogens is 1. The summed E-state index contributed by atoms with van der Waals surface area (Å²) >= 11 is 1.43. The zero-order chi connectivity index (χ0) is 11.3. The molecule has 0 atom stereocenters. The number of pyridine rings is 1. The van der Waals surface area contributed by atoms with Gasteiger partial charge in [-0.25, -0.2) is 13.4 Å². The van der Waals surface area contributed by atoms with Crippen LogP contribution in [-0.4, -0.2) is 31.2 Å². The highest BCUT2D eigenvalue weighted by atomic mass is 32.2. The smallest absolute Gasteiger partial charge is 0.148 e. The molecule has 0 aliphatic carbocycles. The van der Waals surface area contributed by atoms with Crippen molar-refractivity contribution in [3.8, 4) is 0 Å².